The van der Waals surface area contributed by atoms with Gasteiger partial charge < -0.3 is 10.0 Å². The molecule has 1 aliphatic heterocycles. The lowest BCUT2D eigenvalue weighted by atomic mass is 10.2. The molecule has 1 N–H and O–H groups in total. The molecule has 6 heteroatoms. The average Bonchev–Trinajstić information content (AvgIpc) is 2.74. The first-order valence-corrected chi connectivity index (χ1v) is 5.52. The predicted molar refractivity (Wildman–Crippen MR) is 56.4 cm³/mol. The summed E-state index contributed by atoms with van der Waals surface area (Å²) in [6.45, 7) is -0.272. The maximum absolute atomic E-state index is 13.4. The minimum atomic E-state index is -1.49. The molecule has 86 valence electrons. The molecule has 0 fully saturated rings. The molecule has 1 aliphatic rings. The van der Waals surface area contributed by atoms with Crippen molar-refractivity contribution in [3.8, 4) is 0 Å². The van der Waals surface area contributed by atoms with Crippen LogP contribution in [0.1, 0.15) is 0 Å². The summed E-state index contributed by atoms with van der Waals surface area (Å²) in [7, 11) is 0. The molecule has 1 aromatic rings. The first kappa shape index (κ1) is 11.3. The summed E-state index contributed by atoms with van der Waals surface area (Å²) in [4.78, 5) is 1.41. The zero-order chi connectivity index (χ0) is 11.7. The van der Waals surface area contributed by atoms with Crippen LogP contribution in [0.4, 0.5) is 18.9 Å². The fraction of sp³-hybridized carbons (Fsp3) is 0.200. The summed E-state index contributed by atoms with van der Waals surface area (Å²) in [6.07, 6.45) is 0. The van der Waals surface area contributed by atoms with Gasteiger partial charge in [0.05, 0.1) is 23.9 Å². The molecule has 0 aliphatic carbocycles. The summed E-state index contributed by atoms with van der Waals surface area (Å²) in [5, 5.41) is 10.7. The standard InChI is InChI=1S/C10H8F3NOS/c11-7-1-2-8(10(13)9(7)12)14-5-16-4-6(14)3-15/h1-2,4,15H,3,5H2. The fourth-order valence-electron chi connectivity index (χ4n) is 1.43. The molecule has 0 saturated carbocycles. The Balaban J connectivity index is 2.42. The Bertz CT molecular complexity index is 450. The number of hydrogen-bond donors (Lipinski definition) is 1. The van der Waals surface area contributed by atoms with E-state index in [1.54, 1.807) is 5.41 Å². The van der Waals surface area contributed by atoms with Crippen molar-refractivity contribution in [2.75, 3.05) is 17.4 Å². The van der Waals surface area contributed by atoms with Gasteiger partial charge in [0.15, 0.2) is 17.5 Å². The lowest BCUT2D eigenvalue weighted by molar-refractivity contribution is 0.328. The van der Waals surface area contributed by atoms with Crippen LogP contribution in [0, 0.1) is 17.5 Å². The number of nitrogens with zero attached hydrogens (tertiary/aromatic N) is 1. The van der Waals surface area contributed by atoms with Gasteiger partial charge in [-0.25, -0.2) is 13.2 Å². The van der Waals surface area contributed by atoms with Crippen LogP contribution in [-0.2, 0) is 0 Å². The maximum atomic E-state index is 13.4. The van der Waals surface area contributed by atoms with Crippen LogP contribution in [-0.4, -0.2) is 17.6 Å². The minimum absolute atomic E-state index is 0.0656. The highest BCUT2D eigenvalue weighted by Crippen LogP contribution is 2.32. The molecular formula is C10H8F3NOS. The molecule has 2 nitrogen and oxygen atoms in total. The third kappa shape index (κ3) is 1.78. The molecule has 0 saturated heterocycles. The highest BCUT2D eigenvalue weighted by molar-refractivity contribution is 8.02. The number of halogens is 3. The normalized spacial score (nSPS) is 15.5. The quantitative estimate of drug-likeness (QED) is 0.812. The second-order valence-corrected chi connectivity index (χ2v) is 4.01. The number of thioether (sulfide) groups is 1. The van der Waals surface area contributed by atoms with Gasteiger partial charge in [0.25, 0.3) is 0 Å². The predicted octanol–water partition coefficient (Wildman–Crippen LogP) is 2.45. The molecule has 0 radical (unpaired) electrons. The van der Waals surface area contributed by atoms with Crippen LogP contribution in [0.25, 0.3) is 0 Å². The second-order valence-electron chi connectivity index (χ2n) is 3.19. The van der Waals surface area contributed by atoms with Crippen molar-refractivity contribution < 1.29 is 18.3 Å². The van der Waals surface area contributed by atoms with E-state index in [0.717, 1.165) is 12.1 Å². The van der Waals surface area contributed by atoms with E-state index >= 15 is 0 Å². The topological polar surface area (TPSA) is 23.5 Å². The molecule has 1 aromatic carbocycles. The zero-order valence-electron chi connectivity index (χ0n) is 8.08. The second kappa shape index (κ2) is 4.39. The minimum Gasteiger partial charge on any atom is -0.390 e. The van der Waals surface area contributed by atoms with E-state index in [1.807, 2.05) is 0 Å². The highest BCUT2D eigenvalue weighted by Gasteiger charge is 2.23. The van der Waals surface area contributed by atoms with Crippen molar-refractivity contribution in [1.29, 1.82) is 0 Å². The van der Waals surface area contributed by atoms with Gasteiger partial charge in [-0.2, -0.15) is 0 Å². The fourth-order valence-corrected chi connectivity index (χ4v) is 2.35. The first-order chi connectivity index (χ1) is 7.65. The van der Waals surface area contributed by atoms with E-state index in [4.69, 9.17) is 5.11 Å². The number of rotatable bonds is 2. The number of anilines is 1. The summed E-state index contributed by atoms with van der Waals surface area (Å²) in [5.41, 5.74) is 0.402. The molecule has 16 heavy (non-hydrogen) atoms. The van der Waals surface area contributed by atoms with Gasteiger partial charge in [-0.1, -0.05) is 0 Å². The molecule has 0 atom stereocenters. The summed E-state index contributed by atoms with van der Waals surface area (Å²) >= 11 is 1.35. The van der Waals surface area contributed by atoms with Crippen LogP contribution in [0.15, 0.2) is 23.2 Å². The lowest BCUT2D eigenvalue weighted by Crippen LogP contribution is -2.21. The molecule has 1 heterocycles. The Morgan fingerprint density at radius 1 is 1.25 bits per heavy atom. The molecule has 0 aromatic heterocycles. The summed E-state index contributed by atoms with van der Waals surface area (Å²) in [5.74, 6) is -3.58. The zero-order valence-corrected chi connectivity index (χ0v) is 8.90. The van der Waals surface area contributed by atoms with E-state index < -0.39 is 17.5 Å². The third-order valence-electron chi connectivity index (χ3n) is 2.24. The van der Waals surface area contributed by atoms with Crippen LogP contribution in [0.5, 0.6) is 0 Å². The van der Waals surface area contributed by atoms with Gasteiger partial charge in [-0.15, -0.1) is 11.8 Å². The van der Waals surface area contributed by atoms with Gasteiger partial charge in [-0.05, 0) is 17.5 Å². The monoisotopic (exact) mass is 247 g/mol. The smallest absolute Gasteiger partial charge is 0.196 e. The number of hydrogen-bond acceptors (Lipinski definition) is 3. The van der Waals surface area contributed by atoms with Crippen molar-refractivity contribution >= 4 is 17.4 Å². The van der Waals surface area contributed by atoms with E-state index in [0.29, 0.717) is 11.6 Å². The van der Waals surface area contributed by atoms with Crippen LogP contribution in [0.2, 0.25) is 0 Å². The van der Waals surface area contributed by atoms with Crippen LogP contribution >= 0.6 is 11.8 Å². The Labute approximate surface area is 94.4 Å². The molecular weight excluding hydrogens is 239 g/mol. The van der Waals surface area contributed by atoms with Gasteiger partial charge in [0.1, 0.15) is 0 Å². The van der Waals surface area contributed by atoms with Crippen LogP contribution in [0.3, 0.4) is 0 Å². The summed E-state index contributed by atoms with van der Waals surface area (Å²) in [6, 6.07) is 2.02. The Kier molecular flexibility index (Phi) is 3.11. The van der Waals surface area contributed by atoms with E-state index in [-0.39, 0.29) is 12.3 Å². The van der Waals surface area contributed by atoms with Crippen molar-refractivity contribution in [1.82, 2.24) is 0 Å². The Hall–Kier alpha value is -1.14. The number of aliphatic hydroxyl groups is 1. The first-order valence-electron chi connectivity index (χ1n) is 4.47. The van der Waals surface area contributed by atoms with E-state index in [1.165, 1.54) is 16.7 Å². The Morgan fingerprint density at radius 2 is 2.00 bits per heavy atom. The van der Waals surface area contributed by atoms with Crippen molar-refractivity contribution in [2.24, 2.45) is 0 Å². The van der Waals surface area contributed by atoms with Gasteiger partial charge in [-0.3, -0.25) is 0 Å². The van der Waals surface area contributed by atoms with E-state index in [9.17, 15) is 13.2 Å². The molecule has 0 spiro atoms. The van der Waals surface area contributed by atoms with Crippen molar-refractivity contribution in [3.63, 3.8) is 0 Å². The molecule has 0 unspecified atom stereocenters. The maximum Gasteiger partial charge on any atom is 0.196 e. The van der Waals surface area contributed by atoms with E-state index in [2.05, 4.69) is 0 Å². The van der Waals surface area contributed by atoms with Crippen molar-refractivity contribution in [2.45, 2.75) is 0 Å². The molecule has 2 rings (SSSR count). The molecule has 0 bridgehead atoms. The number of aliphatic hydroxyl groups excluding tert-OH is 1. The van der Waals surface area contributed by atoms with Crippen molar-refractivity contribution in [3.05, 3.63) is 40.7 Å². The SMILES string of the molecule is OCC1=CSCN1c1ccc(F)c(F)c1F. The highest BCUT2D eigenvalue weighted by atomic mass is 32.2. The summed E-state index contributed by atoms with van der Waals surface area (Å²) < 4.78 is 39.2. The van der Waals surface area contributed by atoms with Crippen LogP contribution < -0.4 is 4.90 Å². The lowest BCUT2D eigenvalue weighted by Gasteiger charge is -2.21. The number of benzene rings is 1. The largest absolute Gasteiger partial charge is 0.390 e. The Morgan fingerprint density at radius 3 is 2.69 bits per heavy atom. The van der Waals surface area contributed by atoms with Gasteiger partial charge in [0.2, 0.25) is 0 Å². The van der Waals surface area contributed by atoms with Gasteiger partial charge >= 0.3 is 0 Å². The third-order valence-corrected chi connectivity index (χ3v) is 3.08. The molecule has 0 amide bonds. The van der Waals surface area contributed by atoms with Gasteiger partial charge in [0, 0.05) is 0 Å². The average molecular weight is 247 g/mol.